The zero-order valence-electron chi connectivity index (χ0n) is 14.6. The summed E-state index contributed by atoms with van der Waals surface area (Å²) in [5.74, 6) is 1.14. The van der Waals surface area contributed by atoms with Gasteiger partial charge >= 0.3 is 0 Å². The van der Waals surface area contributed by atoms with Crippen LogP contribution in [0.1, 0.15) is 40.1 Å². The molecule has 4 rings (SSSR count). The molecule has 7 heteroatoms. The quantitative estimate of drug-likeness (QED) is 0.801. The lowest BCUT2D eigenvalue weighted by Gasteiger charge is -2.44. The molecule has 0 saturated heterocycles. The Kier molecular flexibility index (Phi) is 4.28. The third-order valence-corrected chi connectivity index (χ3v) is 5.62. The van der Waals surface area contributed by atoms with Crippen molar-refractivity contribution < 1.29 is 14.3 Å². The number of benzene rings is 2. The maximum Gasteiger partial charge on any atom is 0.255 e. The van der Waals surface area contributed by atoms with Crippen LogP contribution in [0.4, 0.5) is 5.69 Å². The Morgan fingerprint density at radius 3 is 2.81 bits per heavy atom. The summed E-state index contributed by atoms with van der Waals surface area (Å²) in [5, 5.41) is 3.11. The standard InChI is InChI=1S/C19H20BrN3O3/c1-25-15-9-10(8-13(20)17(15)26-2)18-22-19(24)12-5-3-4-11-14(21)6-7-23(18)16(11)12/h3-5,8-9,14,18H,6-7,21H2,1-2H3,(H,22,24)/t14-,18+/m0/s1. The van der Waals surface area contributed by atoms with Crippen LogP contribution in [0.5, 0.6) is 11.5 Å². The van der Waals surface area contributed by atoms with Crippen LogP contribution in [0.25, 0.3) is 0 Å². The minimum Gasteiger partial charge on any atom is -0.493 e. The number of carbonyl (C=O) groups excluding carboxylic acids is 1. The molecule has 2 aliphatic heterocycles. The summed E-state index contributed by atoms with van der Waals surface area (Å²) in [6.07, 6.45) is 0.539. The Morgan fingerprint density at radius 2 is 2.08 bits per heavy atom. The summed E-state index contributed by atoms with van der Waals surface area (Å²) in [7, 11) is 3.19. The van der Waals surface area contributed by atoms with Crippen LogP contribution in [0.2, 0.25) is 0 Å². The second-order valence-electron chi connectivity index (χ2n) is 6.45. The first-order valence-electron chi connectivity index (χ1n) is 8.42. The highest BCUT2D eigenvalue weighted by atomic mass is 79.9. The van der Waals surface area contributed by atoms with Crippen molar-refractivity contribution in [3.63, 3.8) is 0 Å². The van der Waals surface area contributed by atoms with Gasteiger partial charge in [0, 0.05) is 12.6 Å². The molecule has 0 unspecified atom stereocenters. The minimum atomic E-state index is -0.292. The van der Waals surface area contributed by atoms with E-state index in [0.29, 0.717) is 17.1 Å². The lowest BCUT2D eigenvalue weighted by Crippen LogP contribution is -2.49. The van der Waals surface area contributed by atoms with Gasteiger partial charge in [0.1, 0.15) is 6.17 Å². The number of methoxy groups -OCH3 is 2. The Morgan fingerprint density at radius 1 is 1.27 bits per heavy atom. The molecule has 6 nitrogen and oxygen atoms in total. The molecule has 2 aromatic rings. The van der Waals surface area contributed by atoms with E-state index < -0.39 is 0 Å². The molecule has 2 atom stereocenters. The van der Waals surface area contributed by atoms with Gasteiger partial charge in [0.15, 0.2) is 11.5 Å². The number of rotatable bonds is 3. The predicted molar refractivity (Wildman–Crippen MR) is 103 cm³/mol. The van der Waals surface area contributed by atoms with Crippen molar-refractivity contribution in [3.8, 4) is 11.5 Å². The number of nitrogens with zero attached hydrogens (tertiary/aromatic N) is 1. The van der Waals surface area contributed by atoms with Crippen molar-refractivity contribution >= 4 is 27.5 Å². The zero-order chi connectivity index (χ0) is 18.4. The lowest BCUT2D eigenvalue weighted by molar-refractivity contribution is 0.0925. The van der Waals surface area contributed by atoms with Crippen molar-refractivity contribution in [1.29, 1.82) is 0 Å². The van der Waals surface area contributed by atoms with E-state index in [1.54, 1.807) is 14.2 Å². The van der Waals surface area contributed by atoms with Crippen LogP contribution in [-0.4, -0.2) is 26.7 Å². The number of ether oxygens (including phenoxy) is 2. The number of halogens is 1. The molecule has 2 aromatic carbocycles. The fourth-order valence-corrected chi connectivity index (χ4v) is 4.43. The van der Waals surface area contributed by atoms with E-state index in [9.17, 15) is 4.79 Å². The number of para-hydroxylation sites is 1. The van der Waals surface area contributed by atoms with E-state index >= 15 is 0 Å². The summed E-state index contributed by atoms with van der Waals surface area (Å²) in [4.78, 5) is 14.9. The first-order chi connectivity index (χ1) is 12.5. The van der Waals surface area contributed by atoms with E-state index in [4.69, 9.17) is 15.2 Å². The van der Waals surface area contributed by atoms with Crippen LogP contribution in [-0.2, 0) is 0 Å². The summed E-state index contributed by atoms with van der Waals surface area (Å²) < 4.78 is 11.6. The van der Waals surface area contributed by atoms with E-state index in [-0.39, 0.29) is 18.1 Å². The van der Waals surface area contributed by atoms with Gasteiger partial charge in [0.05, 0.1) is 29.9 Å². The Labute approximate surface area is 160 Å². The average molecular weight is 418 g/mol. The number of amides is 1. The van der Waals surface area contributed by atoms with Gasteiger partial charge in [-0.1, -0.05) is 12.1 Å². The average Bonchev–Trinajstić information content (AvgIpc) is 2.65. The van der Waals surface area contributed by atoms with E-state index in [1.165, 1.54) is 0 Å². The number of carbonyl (C=O) groups is 1. The van der Waals surface area contributed by atoms with Gasteiger partial charge in [-0.25, -0.2) is 0 Å². The van der Waals surface area contributed by atoms with E-state index in [2.05, 4.69) is 26.1 Å². The number of hydrogen-bond donors (Lipinski definition) is 2. The van der Waals surface area contributed by atoms with Gasteiger partial charge in [-0.3, -0.25) is 4.79 Å². The molecule has 26 heavy (non-hydrogen) atoms. The molecule has 0 aromatic heterocycles. The molecule has 2 heterocycles. The van der Waals surface area contributed by atoms with Crippen molar-refractivity contribution in [3.05, 3.63) is 51.5 Å². The van der Waals surface area contributed by atoms with Crippen molar-refractivity contribution in [2.45, 2.75) is 18.6 Å². The summed E-state index contributed by atoms with van der Waals surface area (Å²) >= 11 is 3.54. The number of nitrogens with one attached hydrogen (secondary N) is 1. The topological polar surface area (TPSA) is 76.8 Å². The zero-order valence-corrected chi connectivity index (χ0v) is 16.2. The third kappa shape index (κ3) is 2.54. The largest absolute Gasteiger partial charge is 0.493 e. The van der Waals surface area contributed by atoms with Crippen molar-refractivity contribution in [2.24, 2.45) is 5.73 Å². The predicted octanol–water partition coefficient (Wildman–Crippen LogP) is 3.12. The van der Waals surface area contributed by atoms with Crippen molar-refractivity contribution in [1.82, 2.24) is 5.32 Å². The van der Waals surface area contributed by atoms with Crippen LogP contribution in [0.15, 0.2) is 34.8 Å². The third-order valence-electron chi connectivity index (χ3n) is 5.03. The highest BCUT2D eigenvalue weighted by Gasteiger charge is 2.37. The number of nitrogens with two attached hydrogens (primary N) is 1. The van der Waals surface area contributed by atoms with Gasteiger partial charge in [0.25, 0.3) is 5.91 Å². The fraction of sp³-hybridized carbons (Fsp3) is 0.316. The molecular weight excluding hydrogens is 398 g/mol. The molecule has 0 fully saturated rings. The highest BCUT2D eigenvalue weighted by Crippen LogP contribution is 2.44. The van der Waals surface area contributed by atoms with Gasteiger partial charge in [-0.15, -0.1) is 0 Å². The maximum atomic E-state index is 12.7. The van der Waals surface area contributed by atoms with Crippen LogP contribution >= 0.6 is 15.9 Å². The fourth-order valence-electron chi connectivity index (χ4n) is 3.81. The smallest absolute Gasteiger partial charge is 0.255 e. The molecule has 136 valence electrons. The number of hydrogen-bond acceptors (Lipinski definition) is 5. The molecular formula is C19H20BrN3O3. The van der Waals surface area contributed by atoms with E-state index in [0.717, 1.165) is 34.3 Å². The molecule has 0 bridgehead atoms. The molecule has 3 N–H and O–H groups in total. The summed E-state index contributed by atoms with van der Waals surface area (Å²) in [6.45, 7) is 0.766. The molecule has 0 aliphatic carbocycles. The SMILES string of the molecule is COc1cc([C@@H]2NC(=O)c3cccc4c3N2CC[C@@H]4N)cc(Br)c1OC. The Hall–Kier alpha value is -2.25. The van der Waals surface area contributed by atoms with Gasteiger partial charge in [-0.2, -0.15) is 0 Å². The Bertz CT molecular complexity index is 887. The first-order valence-corrected chi connectivity index (χ1v) is 9.22. The minimum absolute atomic E-state index is 0.0510. The highest BCUT2D eigenvalue weighted by molar-refractivity contribution is 9.10. The monoisotopic (exact) mass is 417 g/mol. The van der Waals surface area contributed by atoms with Crippen LogP contribution < -0.4 is 25.4 Å². The second kappa shape index (κ2) is 6.48. The lowest BCUT2D eigenvalue weighted by atomic mass is 9.90. The van der Waals surface area contributed by atoms with Gasteiger partial charge in [-0.05, 0) is 51.7 Å². The summed E-state index contributed by atoms with van der Waals surface area (Å²) in [5.41, 5.74) is 9.84. The van der Waals surface area contributed by atoms with E-state index in [1.807, 2.05) is 30.3 Å². The maximum absolute atomic E-state index is 12.7. The molecule has 1 amide bonds. The van der Waals surface area contributed by atoms with Gasteiger partial charge in [0.2, 0.25) is 0 Å². The summed E-state index contributed by atoms with van der Waals surface area (Å²) in [6, 6.07) is 9.55. The van der Waals surface area contributed by atoms with Crippen LogP contribution in [0.3, 0.4) is 0 Å². The molecule has 0 radical (unpaired) electrons. The second-order valence-corrected chi connectivity index (χ2v) is 7.30. The van der Waals surface area contributed by atoms with Gasteiger partial charge < -0.3 is 25.4 Å². The Balaban J connectivity index is 1.85. The molecule has 2 aliphatic rings. The molecule has 0 saturated carbocycles. The molecule has 0 spiro atoms. The number of anilines is 1. The van der Waals surface area contributed by atoms with Crippen molar-refractivity contribution in [2.75, 3.05) is 25.7 Å². The van der Waals surface area contributed by atoms with Crippen LogP contribution in [0, 0.1) is 0 Å². The normalized spacial score (nSPS) is 21.1. The first kappa shape index (κ1) is 17.2.